The first-order valence-corrected chi connectivity index (χ1v) is 6.95. The smallest absolute Gasteiger partial charge is 0.223 e. The maximum absolute atomic E-state index is 11.7. The molecule has 1 saturated heterocycles. The molecule has 0 spiro atoms. The van der Waals surface area contributed by atoms with E-state index in [4.69, 9.17) is 0 Å². The number of aromatic hydroxyl groups is 1. The van der Waals surface area contributed by atoms with Gasteiger partial charge in [0.2, 0.25) is 5.43 Å². The Morgan fingerprint density at radius 2 is 1.95 bits per heavy atom. The van der Waals surface area contributed by atoms with Gasteiger partial charge in [0.05, 0.1) is 12.3 Å². The molecule has 0 unspecified atom stereocenters. The predicted molar refractivity (Wildman–Crippen MR) is 73.1 cm³/mol. The van der Waals surface area contributed by atoms with Gasteiger partial charge in [0.1, 0.15) is 0 Å². The number of likely N-dealkylation sites (tertiary alicyclic amines) is 1. The maximum atomic E-state index is 11.7. The molecule has 106 valence electrons. The van der Waals surface area contributed by atoms with Crippen LogP contribution in [0.25, 0.3) is 0 Å². The zero-order valence-electron chi connectivity index (χ0n) is 11.4. The molecule has 1 fully saturated rings. The van der Waals surface area contributed by atoms with Gasteiger partial charge in [-0.1, -0.05) is 6.42 Å². The summed E-state index contributed by atoms with van der Waals surface area (Å²) in [4.78, 5) is 14.0. The van der Waals surface area contributed by atoms with E-state index in [0.717, 1.165) is 25.9 Å². The van der Waals surface area contributed by atoms with E-state index in [1.807, 2.05) is 11.5 Å². The van der Waals surface area contributed by atoms with Crippen molar-refractivity contribution in [3.8, 4) is 5.75 Å². The van der Waals surface area contributed by atoms with Crippen molar-refractivity contribution in [1.29, 1.82) is 0 Å². The fourth-order valence-corrected chi connectivity index (χ4v) is 2.76. The standard InChI is InChI=1S/C14H22N2O3/c1-2-16-11(10-17)8-13(18)14(19)12(16)9-15-6-4-3-5-7-15/h8,17,19H,2-7,9-10H2,1H3. The number of hydrogen-bond acceptors (Lipinski definition) is 4. The number of piperidine rings is 1. The minimum absolute atomic E-state index is 0.176. The molecule has 0 radical (unpaired) electrons. The third kappa shape index (κ3) is 2.98. The van der Waals surface area contributed by atoms with Gasteiger partial charge in [0.25, 0.3) is 0 Å². The molecule has 0 saturated carbocycles. The number of nitrogens with zero attached hydrogens (tertiary/aromatic N) is 2. The highest BCUT2D eigenvalue weighted by molar-refractivity contribution is 5.30. The highest BCUT2D eigenvalue weighted by Crippen LogP contribution is 2.19. The third-order valence-electron chi connectivity index (χ3n) is 3.78. The molecule has 1 aromatic rings. The fraction of sp³-hybridized carbons (Fsp3) is 0.643. The topological polar surface area (TPSA) is 65.7 Å². The van der Waals surface area contributed by atoms with Crippen LogP contribution in [0.2, 0.25) is 0 Å². The Hall–Kier alpha value is -1.33. The second kappa shape index (κ2) is 6.21. The van der Waals surface area contributed by atoms with Crippen LogP contribution in [-0.4, -0.2) is 32.8 Å². The monoisotopic (exact) mass is 266 g/mol. The Morgan fingerprint density at radius 3 is 2.53 bits per heavy atom. The van der Waals surface area contributed by atoms with Gasteiger partial charge < -0.3 is 14.8 Å². The Morgan fingerprint density at radius 1 is 1.26 bits per heavy atom. The summed E-state index contributed by atoms with van der Waals surface area (Å²) < 4.78 is 1.84. The Balaban J connectivity index is 2.35. The molecular weight excluding hydrogens is 244 g/mol. The number of rotatable bonds is 4. The minimum atomic E-state index is -0.402. The molecule has 5 heteroatoms. The van der Waals surface area contributed by atoms with Gasteiger partial charge in [0.15, 0.2) is 5.75 Å². The van der Waals surface area contributed by atoms with E-state index in [1.54, 1.807) is 0 Å². The zero-order valence-corrected chi connectivity index (χ0v) is 11.4. The van der Waals surface area contributed by atoms with E-state index in [9.17, 15) is 15.0 Å². The molecule has 2 N–H and O–H groups in total. The first-order valence-electron chi connectivity index (χ1n) is 6.95. The number of aromatic nitrogens is 1. The van der Waals surface area contributed by atoms with Crippen LogP contribution < -0.4 is 5.43 Å². The average Bonchev–Trinajstić information content (AvgIpc) is 2.44. The van der Waals surface area contributed by atoms with E-state index >= 15 is 0 Å². The van der Waals surface area contributed by atoms with Crippen molar-refractivity contribution in [2.24, 2.45) is 0 Å². The van der Waals surface area contributed by atoms with Crippen LogP contribution in [0.4, 0.5) is 0 Å². The lowest BCUT2D eigenvalue weighted by molar-refractivity contribution is 0.209. The molecular formula is C14H22N2O3. The van der Waals surface area contributed by atoms with E-state index in [0.29, 0.717) is 24.5 Å². The van der Waals surface area contributed by atoms with Crippen molar-refractivity contribution in [2.75, 3.05) is 13.1 Å². The summed E-state index contributed by atoms with van der Waals surface area (Å²) in [6.07, 6.45) is 3.58. The van der Waals surface area contributed by atoms with Gasteiger partial charge >= 0.3 is 0 Å². The van der Waals surface area contributed by atoms with Gasteiger partial charge in [-0.15, -0.1) is 0 Å². The summed E-state index contributed by atoms with van der Waals surface area (Å²) in [5.41, 5.74) is 0.791. The van der Waals surface area contributed by atoms with Crippen LogP contribution >= 0.6 is 0 Å². The third-order valence-corrected chi connectivity index (χ3v) is 3.78. The first-order chi connectivity index (χ1) is 9.17. The van der Waals surface area contributed by atoms with E-state index in [-0.39, 0.29) is 12.4 Å². The number of aliphatic hydroxyl groups excluding tert-OH is 1. The molecule has 0 atom stereocenters. The van der Waals surface area contributed by atoms with E-state index < -0.39 is 5.43 Å². The molecule has 2 rings (SSSR count). The fourth-order valence-electron chi connectivity index (χ4n) is 2.76. The zero-order chi connectivity index (χ0) is 13.8. The predicted octanol–water partition coefficient (Wildman–Crippen LogP) is 1.05. The molecule has 1 aliphatic heterocycles. The molecule has 0 aliphatic carbocycles. The van der Waals surface area contributed by atoms with Crippen molar-refractivity contribution in [3.63, 3.8) is 0 Å². The summed E-state index contributed by atoms with van der Waals surface area (Å²) in [5, 5.41) is 19.4. The van der Waals surface area contributed by atoms with Crippen molar-refractivity contribution >= 4 is 0 Å². The molecule has 2 heterocycles. The van der Waals surface area contributed by atoms with Gasteiger partial charge in [-0.25, -0.2) is 0 Å². The van der Waals surface area contributed by atoms with Gasteiger partial charge in [-0.05, 0) is 32.9 Å². The number of aliphatic hydroxyl groups is 1. The quantitative estimate of drug-likeness (QED) is 0.855. The second-order valence-corrected chi connectivity index (χ2v) is 5.03. The lowest BCUT2D eigenvalue weighted by Gasteiger charge is -2.28. The Labute approximate surface area is 113 Å². The molecule has 1 aliphatic rings. The van der Waals surface area contributed by atoms with Crippen molar-refractivity contribution < 1.29 is 10.2 Å². The van der Waals surface area contributed by atoms with Gasteiger partial charge in [0, 0.05) is 24.8 Å². The lowest BCUT2D eigenvalue weighted by Crippen LogP contribution is -2.31. The number of hydrogen-bond donors (Lipinski definition) is 2. The SMILES string of the molecule is CCn1c(CO)cc(=O)c(O)c1CN1CCCCC1. The van der Waals surface area contributed by atoms with Gasteiger partial charge in [-0.3, -0.25) is 9.69 Å². The van der Waals surface area contributed by atoms with Crippen molar-refractivity contribution in [2.45, 2.75) is 45.9 Å². The van der Waals surface area contributed by atoms with Crippen molar-refractivity contribution in [1.82, 2.24) is 9.47 Å². The summed E-state index contributed by atoms with van der Waals surface area (Å²) in [5.74, 6) is -0.176. The Bertz CT molecular complexity index is 490. The van der Waals surface area contributed by atoms with Crippen LogP contribution in [0.1, 0.15) is 37.6 Å². The molecule has 0 bridgehead atoms. The van der Waals surface area contributed by atoms with E-state index in [1.165, 1.54) is 12.5 Å². The molecule has 5 nitrogen and oxygen atoms in total. The van der Waals surface area contributed by atoms with Crippen LogP contribution in [0.15, 0.2) is 10.9 Å². The molecule has 19 heavy (non-hydrogen) atoms. The number of pyridine rings is 1. The highest BCUT2D eigenvalue weighted by atomic mass is 16.3. The van der Waals surface area contributed by atoms with Gasteiger partial charge in [-0.2, -0.15) is 0 Å². The van der Waals surface area contributed by atoms with Crippen LogP contribution in [-0.2, 0) is 19.7 Å². The summed E-state index contributed by atoms with van der Waals surface area (Å²) in [6, 6.07) is 1.32. The summed E-state index contributed by atoms with van der Waals surface area (Å²) >= 11 is 0. The highest BCUT2D eigenvalue weighted by Gasteiger charge is 2.18. The Kier molecular flexibility index (Phi) is 4.61. The largest absolute Gasteiger partial charge is 0.503 e. The molecule has 0 amide bonds. The molecule has 0 aromatic carbocycles. The van der Waals surface area contributed by atoms with Crippen LogP contribution in [0.5, 0.6) is 5.75 Å². The van der Waals surface area contributed by atoms with Crippen molar-refractivity contribution in [3.05, 3.63) is 27.7 Å². The van der Waals surface area contributed by atoms with Crippen LogP contribution in [0, 0.1) is 0 Å². The molecule has 1 aromatic heterocycles. The van der Waals surface area contributed by atoms with Crippen LogP contribution in [0.3, 0.4) is 0 Å². The minimum Gasteiger partial charge on any atom is -0.503 e. The maximum Gasteiger partial charge on any atom is 0.223 e. The normalized spacial score (nSPS) is 16.7. The van der Waals surface area contributed by atoms with E-state index in [2.05, 4.69) is 4.90 Å². The first kappa shape index (κ1) is 14.1. The summed E-state index contributed by atoms with van der Waals surface area (Å²) in [7, 11) is 0. The second-order valence-electron chi connectivity index (χ2n) is 5.03. The summed E-state index contributed by atoms with van der Waals surface area (Å²) in [6.45, 7) is 4.97. The lowest BCUT2D eigenvalue weighted by atomic mass is 10.1. The average molecular weight is 266 g/mol.